The summed E-state index contributed by atoms with van der Waals surface area (Å²) in [5, 5.41) is 18.3. The summed E-state index contributed by atoms with van der Waals surface area (Å²) in [6.45, 7) is 4.80. The van der Waals surface area contributed by atoms with Gasteiger partial charge < -0.3 is 15.4 Å². The third-order valence-electron chi connectivity index (χ3n) is 5.91. The minimum Gasteiger partial charge on any atom is -0.494 e. The average molecular weight is 482 g/mol. The van der Waals surface area contributed by atoms with Gasteiger partial charge in [-0.1, -0.05) is 43.7 Å². The highest BCUT2D eigenvalue weighted by Gasteiger charge is 2.14. The van der Waals surface area contributed by atoms with Crippen molar-refractivity contribution in [3.8, 4) is 5.75 Å². The van der Waals surface area contributed by atoms with E-state index in [0.717, 1.165) is 35.2 Å². The van der Waals surface area contributed by atoms with Crippen LogP contribution in [0.4, 0.5) is 11.5 Å². The molecule has 0 aliphatic heterocycles. The van der Waals surface area contributed by atoms with Gasteiger partial charge in [0.05, 0.1) is 23.7 Å². The van der Waals surface area contributed by atoms with E-state index in [9.17, 15) is 4.79 Å². The van der Waals surface area contributed by atoms with E-state index in [-0.39, 0.29) is 11.9 Å². The first-order valence-corrected chi connectivity index (χ1v) is 12.0. The van der Waals surface area contributed by atoms with Crippen LogP contribution < -0.4 is 15.4 Å². The number of para-hydroxylation sites is 2. The van der Waals surface area contributed by atoms with Crippen molar-refractivity contribution in [3.05, 3.63) is 83.9 Å². The maximum Gasteiger partial charge on any atom is 0.251 e. The molecule has 5 rings (SSSR count). The van der Waals surface area contributed by atoms with Gasteiger partial charge in [-0.2, -0.15) is 4.52 Å². The van der Waals surface area contributed by atoms with Crippen molar-refractivity contribution in [1.82, 2.24) is 30.3 Å². The number of ether oxygens (including phenoxy) is 1. The van der Waals surface area contributed by atoms with Crippen molar-refractivity contribution >= 4 is 34.1 Å². The summed E-state index contributed by atoms with van der Waals surface area (Å²) >= 11 is 0. The number of hydrogen-bond acceptors (Lipinski definition) is 7. The number of fused-ring (bicyclic) bond motifs is 3. The zero-order chi connectivity index (χ0) is 24.9. The molecule has 182 valence electrons. The molecule has 9 nitrogen and oxygen atoms in total. The molecule has 3 aromatic carbocycles. The van der Waals surface area contributed by atoms with Crippen LogP contribution >= 0.6 is 0 Å². The van der Waals surface area contributed by atoms with Crippen LogP contribution in [0.2, 0.25) is 0 Å². The number of hydrogen-bond donors (Lipinski definition) is 2. The summed E-state index contributed by atoms with van der Waals surface area (Å²) in [4.78, 5) is 17.7. The van der Waals surface area contributed by atoms with Gasteiger partial charge in [0.2, 0.25) is 5.65 Å². The number of carbonyl (C=O) groups is 1. The number of aromatic nitrogens is 5. The minimum atomic E-state index is -0.171. The number of tetrazole rings is 1. The van der Waals surface area contributed by atoms with Gasteiger partial charge in [0, 0.05) is 11.3 Å². The summed E-state index contributed by atoms with van der Waals surface area (Å²) in [5.74, 6) is 1.17. The highest BCUT2D eigenvalue weighted by Crippen LogP contribution is 2.24. The van der Waals surface area contributed by atoms with Gasteiger partial charge in [0.15, 0.2) is 5.82 Å². The number of benzene rings is 3. The second-order valence-electron chi connectivity index (χ2n) is 8.54. The standard InChI is InChI=1S/C27H27N7O2/c1-3-4-16-36-22-14-12-19(13-15-22)18(2)28-27(35)20-8-7-9-21(17-20)29-25-26-31-32-33-34(26)24-11-6-5-10-23(24)30-25/h5-15,17-18H,3-4,16H2,1-2H3,(H,28,35)(H,29,30). The minimum absolute atomic E-state index is 0.164. The Morgan fingerprint density at radius 2 is 1.89 bits per heavy atom. The Balaban J connectivity index is 1.30. The van der Waals surface area contributed by atoms with Gasteiger partial charge in [-0.25, -0.2) is 4.98 Å². The van der Waals surface area contributed by atoms with E-state index < -0.39 is 0 Å². The Kier molecular flexibility index (Phi) is 6.70. The lowest BCUT2D eigenvalue weighted by molar-refractivity contribution is 0.0940. The molecular weight excluding hydrogens is 454 g/mol. The quantitative estimate of drug-likeness (QED) is 0.283. The van der Waals surface area contributed by atoms with E-state index in [0.29, 0.717) is 29.3 Å². The largest absolute Gasteiger partial charge is 0.494 e. The molecule has 5 aromatic rings. The van der Waals surface area contributed by atoms with E-state index in [1.165, 1.54) is 0 Å². The molecule has 1 atom stereocenters. The number of rotatable bonds is 9. The lowest BCUT2D eigenvalue weighted by Crippen LogP contribution is -2.26. The van der Waals surface area contributed by atoms with Crippen LogP contribution in [0, 0.1) is 0 Å². The summed E-state index contributed by atoms with van der Waals surface area (Å²) in [5.41, 5.74) is 4.30. The first-order chi connectivity index (χ1) is 17.6. The van der Waals surface area contributed by atoms with Gasteiger partial charge in [-0.05, 0) is 71.8 Å². The molecule has 0 radical (unpaired) electrons. The zero-order valence-electron chi connectivity index (χ0n) is 20.2. The van der Waals surface area contributed by atoms with Crippen molar-refractivity contribution in [3.63, 3.8) is 0 Å². The van der Waals surface area contributed by atoms with Crippen LogP contribution in [-0.4, -0.2) is 37.5 Å². The summed E-state index contributed by atoms with van der Waals surface area (Å²) in [7, 11) is 0. The molecular formula is C27H27N7O2. The first-order valence-electron chi connectivity index (χ1n) is 12.0. The molecule has 1 unspecified atom stereocenters. The summed E-state index contributed by atoms with van der Waals surface area (Å²) in [6.07, 6.45) is 2.12. The maximum atomic E-state index is 13.0. The van der Waals surface area contributed by atoms with Gasteiger partial charge in [-0.15, -0.1) is 5.10 Å². The van der Waals surface area contributed by atoms with Crippen LogP contribution in [-0.2, 0) is 0 Å². The molecule has 1 amide bonds. The van der Waals surface area contributed by atoms with Crippen molar-refractivity contribution in [1.29, 1.82) is 0 Å². The van der Waals surface area contributed by atoms with Crippen LogP contribution in [0.1, 0.15) is 48.7 Å². The molecule has 0 aliphatic rings. The smallest absolute Gasteiger partial charge is 0.251 e. The molecule has 36 heavy (non-hydrogen) atoms. The number of carbonyl (C=O) groups excluding carboxylic acids is 1. The molecule has 0 bridgehead atoms. The predicted octanol–water partition coefficient (Wildman–Crippen LogP) is 5.09. The topological polar surface area (TPSA) is 106 Å². The van der Waals surface area contributed by atoms with Crippen LogP contribution in [0.3, 0.4) is 0 Å². The fraction of sp³-hybridized carbons (Fsp3) is 0.222. The Hall–Kier alpha value is -4.53. The van der Waals surface area contributed by atoms with Crippen molar-refractivity contribution in [2.45, 2.75) is 32.7 Å². The molecule has 0 saturated heterocycles. The van der Waals surface area contributed by atoms with E-state index in [4.69, 9.17) is 4.74 Å². The maximum absolute atomic E-state index is 13.0. The zero-order valence-corrected chi connectivity index (χ0v) is 20.2. The Morgan fingerprint density at radius 3 is 2.72 bits per heavy atom. The van der Waals surface area contributed by atoms with Crippen LogP contribution in [0.5, 0.6) is 5.75 Å². The molecule has 0 saturated carbocycles. The lowest BCUT2D eigenvalue weighted by atomic mass is 10.1. The fourth-order valence-electron chi connectivity index (χ4n) is 3.91. The van der Waals surface area contributed by atoms with E-state index >= 15 is 0 Å². The average Bonchev–Trinajstić information content (AvgIpc) is 3.40. The van der Waals surface area contributed by atoms with Crippen molar-refractivity contribution < 1.29 is 9.53 Å². The lowest BCUT2D eigenvalue weighted by Gasteiger charge is -2.16. The predicted molar refractivity (Wildman–Crippen MR) is 139 cm³/mol. The highest BCUT2D eigenvalue weighted by atomic mass is 16.5. The van der Waals surface area contributed by atoms with Gasteiger partial charge in [0.25, 0.3) is 5.91 Å². The molecule has 0 spiro atoms. The molecule has 2 aromatic heterocycles. The first kappa shape index (κ1) is 23.2. The van der Waals surface area contributed by atoms with Gasteiger partial charge in [-0.3, -0.25) is 4.79 Å². The van der Waals surface area contributed by atoms with Gasteiger partial charge >= 0.3 is 0 Å². The SMILES string of the molecule is CCCCOc1ccc(C(C)NC(=O)c2cccc(Nc3nc4ccccc4n4nnnc34)c2)cc1. The normalized spacial score (nSPS) is 11.9. The monoisotopic (exact) mass is 481 g/mol. The van der Waals surface area contributed by atoms with Crippen molar-refractivity contribution in [2.75, 3.05) is 11.9 Å². The number of nitrogens with one attached hydrogen (secondary N) is 2. The van der Waals surface area contributed by atoms with Crippen LogP contribution in [0.15, 0.2) is 72.8 Å². The number of unbranched alkanes of at least 4 members (excludes halogenated alkanes) is 1. The molecule has 0 aliphatic carbocycles. The third-order valence-corrected chi connectivity index (χ3v) is 5.91. The summed E-state index contributed by atoms with van der Waals surface area (Å²) in [6, 6.07) is 22.6. The second-order valence-corrected chi connectivity index (χ2v) is 8.54. The van der Waals surface area contributed by atoms with E-state index in [2.05, 4.69) is 38.1 Å². The second kappa shape index (κ2) is 10.4. The van der Waals surface area contributed by atoms with Crippen LogP contribution in [0.25, 0.3) is 16.7 Å². The fourth-order valence-corrected chi connectivity index (χ4v) is 3.91. The number of nitrogens with zero attached hydrogens (tertiary/aromatic N) is 5. The third kappa shape index (κ3) is 4.95. The van der Waals surface area contributed by atoms with Crippen molar-refractivity contribution in [2.24, 2.45) is 0 Å². The Bertz CT molecular complexity index is 1500. The van der Waals surface area contributed by atoms with E-state index in [1.54, 1.807) is 16.6 Å². The molecule has 2 N–H and O–H groups in total. The molecule has 9 heteroatoms. The number of amides is 1. The Morgan fingerprint density at radius 1 is 1.06 bits per heavy atom. The van der Waals surface area contributed by atoms with E-state index in [1.807, 2.05) is 67.6 Å². The molecule has 2 heterocycles. The van der Waals surface area contributed by atoms with Gasteiger partial charge in [0.1, 0.15) is 5.75 Å². The Labute approximate surface area is 208 Å². The molecule has 0 fully saturated rings. The number of anilines is 2. The summed E-state index contributed by atoms with van der Waals surface area (Å²) < 4.78 is 7.37. The highest BCUT2D eigenvalue weighted by molar-refractivity contribution is 5.95.